The maximum Gasteiger partial charge on any atom is 0.0674 e. The topological polar surface area (TPSA) is 0 Å². The van der Waals surface area contributed by atoms with Gasteiger partial charge in [-0.3, -0.25) is 0 Å². The molecule has 12 heavy (non-hydrogen) atoms. The fraction of sp³-hybridized carbons (Fsp3) is 0.636. The highest BCUT2D eigenvalue weighted by Gasteiger charge is 2.26. The Bertz CT molecular complexity index is 167. The second-order valence-electron chi connectivity index (χ2n) is 3.81. The highest BCUT2D eigenvalue weighted by Crippen LogP contribution is 2.61. The van der Waals surface area contributed by atoms with Gasteiger partial charge >= 0.3 is 0 Å². The molecule has 0 aromatic carbocycles. The Morgan fingerprint density at radius 3 is 2.25 bits per heavy atom. The molecule has 0 fully saturated rings. The van der Waals surface area contributed by atoms with Crippen molar-refractivity contribution in [3.63, 3.8) is 0 Å². The van der Waals surface area contributed by atoms with E-state index >= 15 is 0 Å². The summed E-state index contributed by atoms with van der Waals surface area (Å²) in [5.41, 5.74) is 0. The first kappa shape index (κ1) is 9.99. The van der Waals surface area contributed by atoms with Crippen molar-refractivity contribution in [3.8, 4) is 0 Å². The van der Waals surface area contributed by atoms with E-state index in [9.17, 15) is 0 Å². The van der Waals surface area contributed by atoms with E-state index in [4.69, 9.17) is 0 Å². The predicted molar refractivity (Wildman–Crippen MR) is 60.1 cm³/mol. The zero-order chi connectivity index (χ0) is 8.86. The van der Waals surface area contributed by atoms with Gasteiger partial charge in [-0.05, 0) is 25.0 Å². The Hall–Kier alpha value is -0.0900. The molecule has 1 aliphatic rings. The summed E-state index contributed by atoms with van der Waals surface area (Å²) in [6.45, 7) is 4.70. The number of hydrogen-bond acceptors (Lipinski definition) is 0. The van der Waals surface area contributed by atoms with Crippen molar-refractivity contribution in [2.45, 2.75) is 32.6 Å². The number of hydrogen-bond donors (Lipinski definition) is 0. The Morgan fingerprint density at radius 1 is 1.00 bits per heavy atom. The SMILES string of the molecule is CCCCCC[P+]1(C)C=CC=C1. The van der Waals surface area contributed by atoms with E-state index in [0.29, 0.717) is 0 Å². The summed E-state index contributed by atoms with van der Waals surface area (Å²) < 4.78 is 0. The molecular weight excluding hydrogens is 163 g/mol. The quantitative estimate of drug-likeness (QED) is 0.441. The van der Waals surface area contributed by atoms with Crippen LogP contribution in [0, 0.1) is 0 Å². The Labute approximate surface area is 77.1 Å². The van der Waals surface area contributed by atoms with Gasteiger partial charge in [0.25, 0.3) is 0 Å². The fourth-order valence-corrected chi connectivity index (χ4v) is 3.86. The van der Waals surface area contributed by atoms with E-state index in [1.165, 1.54) is 31.8 Å². The first-order valence-electron chi connectivity index (χ1n) is 4.99. The minimum atomic E-state index is -0.721. The van der Waals surface area contributed by atoms with Gasteiger partial charge in [0, 0.05) is 0 Å². The van der Waals surface area contributed by atoms with Crippen LogP contribution in [0.25, 0.3) is 0 Å². The number of rotatable bonds is 5. The van der Waals surface area contributed by atoms with Gasteiger partial charge in [-0.25, -0.2) is 0 Å². The van der Waals surface area contributed by atoms with Gasteiger partial charge in [0.2, 0.25) is 0 Å². The minimum absolute atomic E-state index is 0.721. The van der Waals surface area contributed by atoms with Crippen LogP contribution in [0.15, 0.2) is 23.8 Å². The molecule has 0 atom stereocenters. The molecule has 1 rings (SSSR count). The predicted octanol–water partition coefficient (Wildman–Crippen LogP) is 4.26. The number of unbranched alkanes of at least 4 members (excludes halogenated alkanes) is 3. The molecule has 1 aliphatic heterocycles. The summed E-state index contributed by atoms with van der Waals surface area (Å²) in [6.07, 6.45) is 11.5. The summed E-state index contributed by atoms with van der Waals surface area (Å²) in [7, 11) is -0.721. The van der Waals surface area contributed by atoms with E-state index in [-0.39, 0.29) is 0 Å². The van der Waals surface area contributed by atoms with Crippen LogP contribution in [0.2, 0.25) is 0 Å². The summed E-state index contributed by atoms with van der Waals surface area (Å²) in [4.78, 5) is 0. The van der Waals surface area contributed by atoms with Crippen LogP contribution in [-0.4, -0.2) is 12.8 Å². The maximum atomic E-state index is 2.43. The van der Waals surface area contributed by atoms with Crippen LogP contribution < -0.4 is 0 Å². The second kappa shape index (κ2) is 4.82. The van der Waals surface area contributed by atoms with Crippen LogP contribution >= 0.6 is 7.26 Å². The van der Waals surface area contributed by atoms with E-state index in [1.54, 1.807) is 0 Å². The van der Waals surface area contributed by atoms with Gasteiger partial charge < -0.3 is 0 Å². The Morgan fingerprint density at radius 2 is 1.67 bits per heavy atom. The number of allylic oxidation sites excluding steroid dienone is 2. The lowest BCUT2D eigenvalue weighted by atomic mass is 10.2. The van der Waals surface area contributed by atoms with Crippen LogP contribution in [0.5, 0.6) is 0 Å². The third kappa shape index (κ3) is 3.11. The summed E-state index contributed by atoms with van der Waals surface area (Å²) in [5.74, 6) is 4.86. The molecule has 0 amide bonds. The van der Waals surface area contributed by atoms with Gasteiger partial charge in [-0.1, -0.05) is 19.8 Å². The molecule has 0 saturated carbocycles. The normalized spacial score (nSPS) is 18.8. The van der Waals surface area contributed by atoms with Crippen LogP contribution in [-0.2, 0) is 0 Å². The molecule has 0 nitrogen and oxygen atoms in total. The third-order valence-corrected chi connectivity index (χ3v) is 5.44. The molecule has 0 unspecified atom stereocenters. The lowest BCUT2D eigenvalue weighted by molar-refractivity contribution is 0.704. The van der Waals surface area contributed by atoms with Gasteiger partial charge in [0.1, 0.15) is 0 Å². The van der Waals surface area contributed by atoms with E-state index in [2.05, 4.69) is 37.4 Å². The van der Waals surface area contributed by atoms with Crippen LogP contribution in [0.4, 0.5) is 0 Å². The van der Waals surface area contributed by atoms with E-state index in [0.717, 1.165) is 0 Å². The first-order valence-corrected chi connectivity index (χ1v) is 7.55. The average molecular weight is 183 g/mol. The largest absolute Gasteiger partial charge is 0.0674 e. The Balaban J connectivity index is 2.14. The molecule has 0 spiro atoms. The minimum Gasteiger partial charge on any atom is -0.0654 e. The molecule has 0 aromatic rings. The summed E-state index contributed by atoms with van der Waals surface area (Å²) >= 11 is 0. The fourth-order valence-electron chi connectivity index (χ4n) is 1.57. The van der Waals surface area contributed by atoms with Crippen LogP contribution in [0.1, 0.15) is 32.6 Å². The Kier molecular flexibility index (Phi) is 4.01. The van der Waals surface area contributed by atoms with Gasteiger partial charge in [-0.2, -0.15) is 0 Å². The highest BCUT2D eigenvalue weighted by molar-refractivity contribution is 7.81. The van der Waals surface area contributed by atoms with Crippen molar-refractivity contribution >= 4 is 7.26 Å². The summed E-state index contributed by atoms with van der Waals surface area (Å²) in [6, 6.07) is 0. The lowest BCUT2D eigenvalue weighted by Crippen LogP contribution is -1.89. The van der Waals surface area contributed by atoms with Gasteiger partial charge in [-0.15, -0.1) is 0 Å². The highest BCUT2D eigenvalue weighted by atomic mass is 31.2. The molecule has 68 valence electrons. The molecular formula is C11H20P+. The molecule has 0 bridgehead atoms. The third-order valence-electron chi connectivity index (χ3n) is 2.46. The maximum absolute atomic E-state index is 2.43. The molecule has 1 heteroatoms. The van der Waals surface area contributed by atoms with Crippen molar-refractivity contribution in [3.05, 3.63) is 23.8 Å². The molecule has 0 N–H and O–H groups in total. The second-order valence-corrected chi connectivity index (χ2v) is 7.55. The molecule has 1 heterocycles. The van der Waals surface area contributed by atoms with Crippen molar-refractivity contribution in [1.82, 2.24) is 0 Å². The molecule has 0 aromatic heterocycles. The first-order chi connectivity index (χ1) is 5.77. The standard InChI is InChI=1S/C11H20P/c1-3-4-5-6-9-12(2)10-7-8-11-12/h7-8,10-11H,3-6,9H2,1-2H3/q+1. The van der Waals surface area contributed by atoms with Crippen LogP contribution in [0.3, 0.4) is 0 Å². The summed E-state index contributed by atoms with van der Waals surface area (Å²) in [5, 5.41) is 0. The van der Waals surface area contributed by atoms with Crippen molar-refractivity contribution in [1.29, 1.82) is 0 Å². The van der Waals surface area contributed by atoms with E-state index in [1.807, 2.05) is 0 Å². The average Bonchev–Trinajstić information content (AvgIpc) is 2.47. The van der Waals surface area contributed by atoms with Gasteiger partial charge in [0.15, 0.2) is 0 Å². The molecule has 0 aliphatic carbocycles. The molecule has 0 saturated heterocycles. The van der Waals surface area contributed by atoms with Crippen molar-refractivity contribution in [2.24, 2.45) is 0 Å². The lowest BCUT2D eigenvalue weighted by Gasteiger charge is -2.10. The zero-order valence-electron chi connectivity index (χ0n) is 8.29. The van der Waals surface area contributed by atoms with Crippen molar-refractivity contribution in [2.75, 3.05) is 12.8 Å². The van der Waals surface area contributed by atoms with Crippen molar-refractivity contribution < 1.29 is 0 Å². The molecule has 0 radical (unpaired) electrons. The monoisotopic (exact) mass is 183 g/mol. The van der Waals surface area contributed by atoms with E-state index < -0.39 is 7.26 Å². The smallest absolute Gasteiger partial charge is 0.0654 e. The van der Waals surface area contributed by atoms with Gasteiger partial charge in [0.05, 0.1) is 31.7 Å². The zero-order valence-corrected chi connectivity index (χ0v) is 9.19.